The smallest absolute Gasteiger partial charge is 0.0270 e. The minimum Gasteiger partial charge on any atom is -0.314 e. The maximum Gasteiger partial charge on any atom is 0.0270 e. The van der Waals surface area contributed by atoms with E-state index in [-0.39, 0.29) is 0 Å². The molecular formula is C18H23BrN2. The Labute approximate surface area is 136 Å². The molecule has 2 nitrogen and oxygen atoms in total. The first-order valence-electron chi connectivity index (χ1n) is 7.64. The molecule has 1 aromatic heterocycles. The molecule has 1 N–H and O–H groups in total. The van der Waals surface area contributed by atoms with Gasteiger partial charge in [-0.25, -0.2) is 0 Å². The molecule has 3 heteroatoms. The van der Waals surface area contributed by atoms with Gasteiger partial charge in [-0.05, 0) is 67.6 Å². The minimum atomic E-state index is 0.521. The van der Waals surface area contributed by atoms with Crippen LogP contribution in [0, 0.1) is 0 Å². The topological polar surface area (TPSA) is 24.9 Å². The number of aromatic nitrogens is 1. The summed E-state index contributed by atoms with van der Waals surface area (Å²) >= 11 is 3.55. The van der Waals surface area contributed by atoms with Gasteiger partial charge in [0, 0.05) is 22.9 Å². The lowest BCUT2D eigenvalue weighted by Gasteiger charge is -2.19. The van der Waals surface area contributed by atoms with E-state index in [9.17, 15) is 0 Å². The van der Waals surface area contributed by atoms with Crippen molar-refractivity contribution in [2.75, 3.05) is 6.54 Å². The molecule has 1 atom stereocenters. The first-order valence-corrected chi connectivity index (χ1v) is 8.44. The molecule has 2 rings (SSSR count). The summed E-state index contributed by atoms with van der Waals surface area (Å²) in [5.74, 6) is 0. The second-order valence-corrected chi connectivity index (χ2v) is 6.29. The Bertz CT molecular complexity index is 528. The van der Waals surface area contributed by atoms with Gasteiger partial charge < -0.3 is 5.32 Å². The van der Waals surface area contributed by atoms with E-state index in [1.54, 1.807) is 0 Å². The van der Waals surface area contributed by atoms with Gasteiger partial charge in [-0.3, -0.25) is 4.98 Å². The molecule has 1 heterocycles. The lowest BCUT2D eigenvalue weighted by molar-refractivity contribution is 0.477. The lowest BCUT2D eigenvalue weighted by atomic mass is 9.99. The average Bonchev–Trinajstić information content (AvgIpc) is 2.51. The van der Waals surface area contributed by atoms with Gasteiger partial charge in [-0.1, -0.05) is 35.0 Å². The molecule has 0 spiro atoms. The number of aryl methyl sites for hydroxylation is 1. The summed E-state index contributed by atoms with van der Waals surface area (Å²) in [6, 6.07) is 13.3. The SMILES string of the molecule is CCCNC(CCc1ccncc1)Cc1cccc(Br)c1. The quantitative estimate of drug-likeness (QED) is 0.766. The fraction of sp³-hybridized carbons (Fsp3) is 0.389. The third kappa shape index (κ3) is 5.98. The molecule has 0 saturated carbocycles. The standard InChI is InChI=1S/C18H23BrN2/c1-2-10-21-18(7-6-15-8-11-20-12-9-15)14-16-4-3-5-17(19)13-16/h3-5,8-9,11-13,18,21H,2,6-7,10,14H2,1H3. The van der Waals surface area contributed by atoms with Gasteiger partial charge in [0.25, 0.3) is 0 Å². The highest BCUT2D eigenvalue weighted by Crippen LogP contribution is 2.15. The molecule has 0 amide bonds. The number of pyridine rings is 1. The fourth-order valence-corrected chi connectivity index (χ4v) is 2.91. The molecule has 0 radical (unpaired) electrons. The predicted octanol–water partition coefficient (Wildman–Crippen LogP) is 4.39. The van der Waals surface area contributed by atoms with Crippen molar-refractivity contribution in [3.63, 3.8) is 0 Å². The van der Waals surface area contributed by atoms with Crippen LogP contribution in [0.1, 0.15) is 30.9 Å². The van der Waals surface area contributed by atoms with Crippen LogP contribution >= 0.6 is 15.9 Å². The maximum atomic E-state index is 4.08. The molecule has 1 aromatic carbocycles. The molecule has 21 heavy (non-hydrogen) atoms. The lowest BCUT2D eigenvalue weighted by Crippen LogP contribution is -2.32. The molecule has 1 unspecified atom stereocenters. The van der Waals surface area contributed by atoms with Crippen molar-refractivity contribution in [1.82, 2.24) is 10.3 Å². The fourth-order valence-electron chi connectivity index (χ4n) is 2.46. The summed E-state index contributed by atoms with van der Waals surface area (Å²) in [7, 11) is 0. The Morgan fingerprint density at radius 3 is 2.67 bits per heavy atom. The van der Waals surface area contributed by atoms with Crippen molar-refractivity contribution in [2.45, 2.75) is 38.6 Å². The summed E-state index contributed by atoms with van der Waals surface area (Å²) in [4.78, 5) is 4.08. The molecule has 2 aromatic rings. The van der Waals surface area contributed by atoms with Crippen molar-refractivity contribution >= 4 is 15.9 Å². The van der Waals surface area contributed by atoms with Crippen molar-refractivity contribution in [2.24, 2.45) is 0 Å². The van der Waals surface area contributed by atoms with E-state index in [0.29, 0.717) is 6.04 Å². The highest BCUT2D eigenvalue weighted by atomic mass is 79.9. The molecule has 0 aliphatic carbocycles. The van der Waals surface area contributed by atoms with Crippen molar-refractivity contribution in [3.8, 4) is 0 Å². The maximum absolute atomic E-state index is 4.08. The second kappa shape index (κ2) is 8.96. The number of benzene rings is 1. The van der Waals surface area contributed by atoms with Crippen LogP contribution in [-0.4, -0.2) is 17.6 Å². The first kappa shape index (κ1) is 16.2. The van der Waals surface area contributed by atoms with Crippen LogP contribution < -0.4 is 5.32 Å². The third-order valence-corrected chi connectivity index (χ3v) is 4.08. The number of hydrogen-bond acceptors (Lipinski definition) is 2. The van der Waals surface area contributed by atoms with E-state index in [2.05, 4.69) is 69.6 Å². The Kier molecular flexibility index (Phi) is 6.90. The van der Waals surface area contributed by atoms with Crippen LogP contribution in [0.2, 0.25) is 0 Å². The first-order chi connectivity index (χ1) is 10.3. The molecular weight excluding hydrogens is 324 g/mol. The van der Waals surface area contributed by atoms with Crippen LogP contribution in [0.5, 0.6) is 0 Å². The van der Waals surface area contributed by atoms with E-state index >= 15 is 0 Å². The van der Waals surface area contributed by atoms with Gasteiger partial charge in [0.05, 0.1) is 0 Å². The third-order valence-electron chi connectivity index (χ3n) is 3.58. The normalized spacial score (nSPS) is 12.3. The van der Waals surface area contributed by atoms with E-state index in [4.69, 9.17) is 0 Å². The number of halogens is 1. The van der Waals surface area contributed by atoms with Gasteiger partial charge >= 0.3 is 0 Å². The molecule has 0 fully saturated rings. The van der Waals surface area contributed by atoms with Gasteiger partial charge in [-0.15, -0.1) is 0 Å². The molecule has 0 bridgehead atoms. The summed E-state index contributed by atoms with van der Waals surface area (Å²) in [5.41, 5.74) is 2.75. The zero-order chi connectivity index (χ0) is 14.9. The van der Waals surface area contributed by atoms with Gasteiger partial charge in [0.15, 0.2) is 0 Å². The summed E-state index contributed by atoms with van der Waals surface area (Å²) in [6.45, 7) is 3.29. The molecule has 0 saturated heterocycles. The number of rotatable bonds is 8. The predicted molar refractivity (Wildman–Crippen MR) is 92.5 cm³/mol. The van der Waals surface area contributed by atoms with Crippen LogP contribution in [0.3, 0.4) is 0 Å². The van der Waals surface area contributed by atoms with Crippen LogP contribution in [0.4, 0.5) is 0 Å². The Balaban J connectivity index is 1.94. The van der Waals surface area contributed by atoms with E-state index in [0.717, 1.165) is 30.3 Å². The zero-order valence-corrected chi connectivity index (χ0v) is 14.1. The second-order valence-electron chi connectivity index (χ2n) is 5.38. The average molecular weight is 347 g/mol. The van der Waals surface area contributed by atoms with Gasteiger partial charge in [0.1, 0.15) is 0 Å². The number of nitrogens with one attached hydrogen (secondary N) is 1. The minimum absolute atomic E-state index is 0.521. The van der Waals surface area contributed by atoms with Gasteiger partial charge in [0.2, 0.25) is 0 Å². The molecule has 0 aliphatic heterocycles. The Morgan fingerprint density at radius 1 is 1.14 bits per heavy atom. The van der Waals surface area contributed by atoms with E-state index in [1.165, 1.54) is 17.5 Å². The van der Waals surface area contributed by atoms with Crippen molar-refractivity contribution in [1.29, 1.82) is 0 Å². The van der Waals surface area contributed by atoms with Crippen LogP contribution in [0.15, 0.2) is 53.3 Å². The highest BCUT2D eigenvalue weighted by Gasteiger charge is 2.09. The monoisotopic (exact) mass is 346 g/mol. The number of hydrogen-bond donors (Lipinski definition) is 1. The Morgan fingerprint density at radius 2 is 1.95 bits per heavy atom. The summed E-state index contributed by atoms with van der Waals surface area (Å²) < 4.78 is 1.16. The van der Waals surface area contributed by atoms with Crippen LogP contribution in [0.25, 0.3) is 0 Å². The highest BCUT2D eigenvalue weighted by molar-refractivity contribution is 9.10. The van der Waals surface area contributed by atoms with Crippen LogP contribution in [-0.2, 0) is 12.8 Å². The summed E-state index contributed by atoms with van der Waals surface area (Å²) in [5, 5.41) is 3.68. The Hall–Kier alpha value is -1.19. The molecule has 112 valence electrons. The summed E-state index contributed by atoms with van der Waals surface area (Å²) in [6.07, 6.45) is 8.24. The van der Waals surface area contributed by atoms with Gasteiger partial charge in [-0.2, -0.15) is 0 Å². The van der Waals surface area contributed by atoms with E-state index < -0.39 is 0 Å². The number of nitrogens with zero attached hydrogens (tertiary/aromatic N) is 1. The zero-order valence-electron chi connectivity index (χ0n) is 12.6. The molecule has 0 aliphatic rings. The van der Waals surface area contributed by atoms with Crippen molar-refractivity contribution < 1.29 is 0 Å². The van der Waals surface area contributed by atoms with Crippen molar-refractivity contribution in [3.05, 3.63) is 64.4 Å². The van der Waals surface area contributed by atoms with E-state index in [1.807, 2.05) is 12.4 Å². The largest absolute Gasteiger partial charge is 0.314 e.